The van der Waals surface area contributed by atoms with Crippen molar-refractivity contribution in [2.45, 2.75) is 31.7 Å². The predicted molar refractivity (Wildman–Crippen MR) is 116 cm³/mol. The maximum atomic E-state index is 12.5. The smallest absolute Gasteiger partial charge is 0.329 e. The van der Waals surface area contributed by atoms with Gasteiger partial charge in [-0.15, -0.1) is 0 Å². The van der Waals surface area contributed by atoms with Gasteiger partial charge in [-0.05, 0) is 49.2 Å². The highest BCUT2D eigenvalue weighted by molar-refractivity contribution is 7.90. The van der Waals surface area contributed by atoms with Gasteiger partial charge in [-0.25, -0.2) is 13.2 Å². The standard InChI is InChI=1S/C22H26N2O6S/c1-14(2)20(24-21(26)16-7-5-6-15(3)12-16)22(27)30-13-19(25)23-17-8-10-18(11-9-17)31(4,28)29/h5-12,14,20H,13H2,1-4H3,(H,23,25)(H,24,26)/t20-/m0/s1. The second-order valence-electron chi connectivity index (χ2n) is 7.52. The van der Waals surface area contributed by atoms with Crippen LogP contribution in [0.15, 0.2) is 53.4 Å². The Morgan fingerprint density at radius 1 is 1.03 bits per heavy atom. The van der Waals surface area contributed by atoms with Gasteiger partial charge in [-0.2, -0.15) is 0 Å². The van der Waals surface area contributed by atoms with Crippen LogP contribution in [0.2, 0.25) is 0 Å². The molecule has 0 bridgehead atoms. The summed E-state index contributed by atoms with van der Waals surface area (Å²) in [5, 5.41) is 5.17. The van der Waals surface area contributed by atoms with Crippen molar-refractivity contribution in [3.63, 3.8) is 0 Å². The Kier molecular flexibility index (Phi) is 7.93. The van der Waals surface area contributed by atoms with E-state index < -0.39 is 40.3 Å². The van der Waals surface area contributed by atoms with Crippen molar-refractivity contribution in [2.24, 2.45) is 5.92 Å². The summed E-state index contributed by atoms with van der Waals surface area (Å²) in [6.07, 6.45) is 1.09. The minimum absolute atomic E-state index is 0.126. The molecule has 1 atom stereocenters. The molecular formula is C22H26N2O6S. The number of benzene rings is 2. The van der Waals surface area contributed by atoms with Crippen molar-refractivity contribution in [1.82, 2.24) is 5.32 Å². The fourth-order valence-electron chi connectivity index (χ4n) is 2.72. The molecule has 2 aromatic rings. The van der Waals surface area contributed by atoms with Gasteiger partial charge in [-0.3, -0.25) is 9.59 Å². The van der Waals surface area contributed by atoms with E-state index in [4.69, 9.17) is 4.74 Å². The van der Waals surface area contributed by atoms with E-state index in [0.29, 0.717) is 11.3 Å². The van der Waals surface area contributed by atoms with E-state index in [9.17, 15) is 22.8 Å². The Morgan fingerprint density at radius 3 is 2.23 bits per heavy atom. The fourth-order valence-corrected chi connectivity index (χ4v) is 3.35. The summed E-state index contributed by atoms with van der Waals surface area (Å²) in [5.74, 6) is -1.98. The fraction of sp³-hybridized carbons (Fsp3) is 0.318. The van der Waals surface area contributed by atoms with Crippen LogP contribution in [-0.4, -0.2) is 45.1 Å². The molecule has 2 aromatic carbocycles. The zero-order valence-corrected chi connectivity index (χ0v) is 18.7. The molecule has 0 unspecified atom stereocenters. The Hall–Kier alpha value is -3.20. The average molecular weight is 447 g/mol. The number of nitrogens with one attached hydrogen (secondary N) is 2. The van der Waals surface area contributed by atoms with Gasteiger partial charge in [0.1, 0.15) is 6.04 Å². The van der Waals surface area contributed by atoms with Gasteiger partial charge in [0.05, 0.1) is 4.90 Å². The Morgan fingerprint density at radius 2 is 1.68 bits per heavy atom. The first-order chi connectivity index (χ1) is 14.5. The van der Waals surface area contributed by atoms with E-state index in [1.165, 1.54) is 24.3 Å². The average Bonchev–Trinajstić information content (AvgIpc) is 2.69. The van der Waals surface area contributed by atoms with Gasteiger partial charge in [-0.1, -0.05) is 31.5 Å². The minimum Gasteiger partial charge on any atom is -0.454 e. The molecule has 0 aliphatic heterocycles. The summed E-state index contributed by atoms with van der Waals surface area (Å²) >= 11 is 0. The zero-order chi connectivity index (χ0) is 23.2. The highest BCUT2D eigenvalue weighted by atomic mass is 32.2. The number of esters is 1. The third-order valence-electron chi connectivity index (χ3n) is 4.40. The summed E-state index contributed by atoms with van der Waals surface area (Å²) in [6, 6.07) is 11.7. The molecule has 0 aliphatic rings. The molecule has 9 heteroatoms. The minimum atomic E-state index is -3.34. The summed E-state index contributed by atoms with van der Waals surface area (Å²) in [6.45, 7) is 4.83. The number of sulfone groups is 1. The first kappa shape index (κ1) is 24.1. The third kappa shape index (κ3) is 7.21. The maximum Gasteiger partial charge on any atom is 0.329 e. The van der Waals surface area contributed by atoms with Crippen LogP contribution in [0.4, 0.5) is 5.69 Å². The molecule has 0 fully saturated rings. The lowest BCUT2D eigenvalue weighted by atomic mass is 10.0. The highest BCUT2D eigenvalue weighted by Gasteiger charge is 2.26. The van der Waals surface area contributed by atoms with Crippen LogP contribution in [0.5, 0.6) is 0 Å². The van der Waals surface area contributed by atoms with E-state index in [0.717, 1.165) is 11.8 Å². The highest BCUT2D eigenvalue weighted by Crippen LogP contribution is 2.14. The molecule has 0 spiro atoms. The monoisotopic (exact) mass is 446 g/mol. The van der Waals surface area contributed by atoms with Crippen molar-refractivity contribution in [3.05, 3.63) is 59.7 Å². The second kappa shape index (κ2) is 10.2. The number of anilines is 1. The van der Waals surface area contributed by atoms with Gasteiger partial charge in [0.2, 0.25) is 0 Å². The van der Waals surface area contributed by atoms with E-state index in [-0.39, 0.29) is 10.8 Å². The van der Waals surface area contributed by atoms with Crippen LogP contribution in [-0.2, 0) is 24.2 Å². The molecule has 0 saturated heterocycles. The van der Waals surface area contributed by atoms with Crippen LogP contribution >= 0.6 is 0 Å². The molecule has 8 nitrogen and oxygen atoms in total. The SMILES string of the molecule is Cc1cccc(C(=O)N[C@H](C(=O)OCC(=O)Nc2ccc(S(C)(=O)=O)cc2)C(C)C)c1. The lowest BCUT2D eigenvalue weighted by molar-refractivity contribution is -0.150. The van der Waals surface area contributed by atoms with E-state index in [1.807, 2.05) is 13.0 Å². The molecule has 0 heterocycles. The van der Waals surface area contributed by atoms with Crippen molar-refractivity contribution in [2.75, 3.05) is 18.2 Å². The van der Waals surface area contributed by atoms with Crippen molar-refractivity contribution in [1.29, 1.82) is 0 Å². The molecule has 0 saturated carbocycles. The topological polar surface area (TPSA) is 119 Å². The van der Waals surface area contributed by atoms with Crippen molar-refractivity contribution < 1.29 is 27.5 Å². The number of hydrogen-bond donors (Lipinski definition) is 2. The van der Waals surface area contributed by atoms with Crippen LogP contribution < -0.4 is 10.6 Å². The maximum absolute atomic E-state index is 12.5. The third-order valence-corrected chi connectivity index (χ3v) is 5.53. The molecule has 2 rings (SSSR count). The first-order valence-corrected chi connectivity index (χ1v) is 11.5. The molecule has 2 amide bonds. The van der Waals surface area contributed by atoms with E-state index in [2.05, 4.69) is 10.6 Å². The number of amides is 2. The predicted octanol–water partition coefficient (Wildman–Crippen LogP) is 2.33. The Balaban J connectivity index is 1.93. The van der Waals surface area contributed by atoms with Gasteiger partial charge in [0, 0.05) is 17.5 Å². The molecule has 0 radical (unpaired) electrons. The Bertz CT molecular complexity index is 1060. The largest absolute Gasteiger partial charge is 0.454 e. The van der Waals surface area contributed by atoms with E-state index in [1.54, 1.807) is 32.0 Å². The normalized spacial score (nSPS) is 12.2. The summed E-state index contributed by atoms with van der Waals surface area (Å²) < 4.78 is 28.0. The molecule has 166 valence electrons. The first-order valence-electron chi connectivity index (χ1n) is 9.61. The Labute approximate surface area is 181 Å². The lowest BCUT2D eigenvalue weighted by Crippen LogP contribution is -2.45. The summed E-state index contributed by atoms with van der Waals surface area (Å²) in [5.41, 5.74) is 1.70. The van der Waals surface area contributed by atoms with Crippen LogP contribution in [0.25, 0.3) is 0 Å². The van der Waals surface area contributed by atoms with Crippen LogP contribution in [0.1, 0.15) is 29.8 Å². The lowest BCUT2D eigenvalue weighted by Gasteiger charge is -2.21. The number of ether oxygens (including phenoxy) is 1. The number of hydrogen-bond acceptors (Lipinski definition) is 6. The van der Waals surface area contributed by atoms with Crippen LogP contribution in [0, 0.1) is 12.8 Å². The summed E-state index contributed by atoms with van der Waals surface area (Å²) in [4.78, 5) is 37.1. The van der Waals surface area contributed by atoms with E-state index >= 15 is 0 Å². The van der Waals surface area contributed by atoms with Gasteiger partial charge in [0.25, 0.3) is 11.8 Å². The van der Waals surface area contributed by atoms with Crippen LogP contribution in [0.3, 0.4) is 0 Å². The van der Waals surface area contributed by atoms with Gasteiger partial charge < -0.3 is 15.4 Å². The number of aryl methyl sites for hydroxylation is 1. The molecule has 31 heavy (non-hydrogen) atoms. The quantitative estimate of drug-likeness (QED) is 0.601. The van der Waals surface area contributed by atoms with Gasteiger partial charge in [0.15, 0.2) is 16.4 Å². The summed E-state index contributed by atoms with van der Waals surface area (Å²) in [7, 11) is -3.34. The molecular weight excluding hydrogens is 420 g/mol. The number of carbonyl (C=O) groups excluding carboxylic acids is 3. The second-order valence-corrected chi connectivity index (χ2v) is 9.53. The van der Waals surface area contributed by atoms with Crippen molar-refractivity contribution in [3.8, 4) is 0 Å². The zero-order valence-electron chi connectivity index (χ0n) is 17.8. The number of carbonyl (C=O) groups is 3. The molecule has 0 aromatic heterocycles. The van der Waals surface area contributed by atoms with Gasteiger partial charge >= 0.3 is 5.97 Å². The number of rotatable bonds is 8. The molecule has 2 N–H and O–H groups in total. The van der Waals surface area contributed by atoms with Crippen molar-refractivity contribution >= 4 is 33.3 Å². The molecule has 0 aliphatic carbocycles.